The van der Waals surface area contributed by atoms with E-state index in [0.717, 1.165) is 26.9 Å². The Morgan fingerprint density at radius 2 is 1.74 bits per heavy atom. The molecule has 0 saturated carbocycles. The number of thioether (sulfide) groups is 2. The third-order valence-electron chi connectivity index (χ3n) is 6.42. The standard InChI is InChI=1S/C31H31N3O3S2/c1-3-27(30(35)32-21-16-18-23(19-17-21)37-4-2)38-24-11-9-10-22(20-24)33-31(36)34-25-12-5-7-14-28(25)39-29-15-8-6-13-26(29)34/h5-20,25,27-28H,3-4H2,1-2H3,(H,32,35)(H,33,36). The minimum atomic E-state index is -0.284. The second-order valence-electron chi connectivity index (χ2n) is 9.10. The number of urea groups is 1. The fraction of sp³-hybridized carbons (Fsp3) is 0.226. The van der Waals surface area contributed by atoms with Crippen molar-refractivity contribution < 1.29 is 14.3 Å². The summed E-state index contributed by atoms with van der Waals surface area (Å²) in [6.07, 6.45) is 8.92. The van der Waals surface area contributed by atoms with Gasteiger partial charge in [0.2, 0.25) is 5.91 Å². The predicted octanol–water partition coefficient (Wildman–Crippen LogP) is 7.60. The number of ether oxygens (including phenoxy) is 1. The van der Waals surface area contributed by atoms with Gasteiger partial charge in [0.1, 0.15) is 5.75 Å². The average molecular weight is 558 g/mol. The lowest BCUT2D eigenvalue weighted by molar-refractivity contribution is -0.115. The van der Waals surface area contributed by atoms with Crippen LogP contribution in [0.4, 0.5) is 21.9 Å². The van der Waals surface area contributed by atoms with Crippen molar-refractivity contribution >= 4 is 52.5 Å². The van der Waals surface area contributed by atoms with Crippen molar-refractivity contribution in [2.75, 3.05) is 22.1 Å². The molecule has 1 aliphatic carbocycles. The van der Waals surface area contributed by atoms with E-state index in [1.165, 1.54) is 11.8 Å². The summed E-state index contributed by atoms with van der Waals surface area (Å²) in [5, 5.41) is 5.98. The van der Waals surface area contributed by atoms with Gasteiger partial charge in [0.25, 0.3) is 0 Å². The summed E-state index contributed by atoms with van der Waals surface area (Å²) < 4.78 is 5.48. The van der Waals surface area contributed by atoms with E-state index >= 15 is 0 Å². The second kappa shape index (κ2) is 12.5. The van der Waals surface area contributed by atoms with Gasteiger partial charge in [-0.15, -0.1) is 23.5 Å². The number of hydrogen-bond donors (Lipinski definition) is 2. The first-order valence-corrected chi connectivity index (χ1v) is 14.8. The summed E-state index contributed by atoms with van der Waals surface area (Å²) in [6.45, 7) is 4.53. The molecule has 1 aliphatic heterocycles. The molecule has 0 aromatic heterocycles. The maximum Gasteiger partial charge on any atom is 0.326 e. The highest BCUT2D eigenvalue weighted by Crippen LogP contribution is 2.43. The Labute approximate surface area is 237 Å². The monoisotopic (exact) mass is 557 g/mol. The molecule has 0 spiro atoms. The van der Waals surface area contributed by atoms with Crippen molar-refractivity contribution in [3.63, 3.8) is 0 Å². The van der Waals surface area contributed by atoms with E-state index in [1.54, 1.807) is 11.8 Å². The van der Waals surface area contributed by atoms with Crippen molar-refractivity contribution in [2.24, 2.45) is 0 Å². The molecule has 0 bridgehead atoms. The lowest BCUT2D eigenvalue weighted by Gasteiger charge is -2.40. The third-order valence-corrected chi connectivity index (χ3v) is 9.09. The summed E-state index contributed by atoms with van der Waals surface area (Å²) >= 11 is 3.26. The first-order chi connectivity index (χ1) is 19.1. The molecular weight excluding hydrogens is 526 g/mol. The summed E-state index contributed by atoms with van der Waals surface area (Å²) in [5.74, 6) is 0.709. The molecule has 6 nitrogen and oxygen atoms in total. The number of rotatable bonds is 8. The van der Waals surface area contributed by atoms with Crippen LogP contribution in [0.3, 0.4) is 0 Å². The molecule has 0 radical (unpaired) electrons. The Morgan fingerprint density at radius 1 is 0.949 bits per heavy atom. The quantitative estimate of drug-likeness (QED) is 0.279. The molecular formula is C31H31N3O3S2. The number of carbonyl (C=O) groups is 2. The normalized spacial score (nSPS) is 18.1. The number of fused-ring (bicyclic) bond motifs is 2. The van der Waals surface area contributed by atoms with Crippen LogP contribution in [-0.2, 0) is 4.79 Å². The smallest absolute Gasteiger partial charge is 0.326 e. The van der Waals surface area contributed by atoms with Crippen molar-refractivity contribution in [2.45, 2.75) is 46.6 Å². The highest BCUT2D eigenvalue weighted by Gasteiger charge is 2.36. The van der Waals surface area contributed by atoms with E-state index in [2.05, 4.69) is 28.9 Å². The molecule has 3 unspecified atom stereocenters. The Balaban J connectivity index is 1.27. The zero-order valence-corrected chi connectivity index (χ0v) is 23.5. The van der Waals surface area contributed by atoms with E-state index in [9.17, 15) is 9.59 Å². The number of nitrogens with zero attached hydrogens (tertiary/aromatic N) is 1. The fourth-order valence-electron chi connectivity index (χ4n) is 4.57. The van der Waals surface area contributed by atoms with Crippen LogP contribution in [0.25, 0.3) is 0 Å². The fourth-order valence-corrected chi connectivity index (χ4v) is 6.84. The summed E-state index contributed by atoms with van der Waals surface area (Å²) in [7, 11) is 0. The first kappa shape index (κ1) is 27.0. The van der Waals surface area contributed by atoms with Crippen molar-refractivity contribution in [3.05, 3.63) is 97.1 Å². The summed E-state index contributed by atoms with van der Waals surface area (Å²) in [4.78, 5) is 30.5. The number of nitrogens with one attached hydrogen (secondary N) is 2. The molecule has 39 heavy (non-hydrogen) atoms. The van der Waals surface area contributed by atoms with Crippen LogP contribution in [0.5, 0.6) is 5.75 Å². The van der Waals surface area contributed by atoms with Crippen LogP contribution in [-0.4, -0.2) is 35.1 Å². The molecule has 8 heteroatoms. The van der Waals surface area contributed by atoms with Crippen LogP contribution in [0, 0.1) is 0 Å². The first-order valence-electron chi connectivity index (χ1n) is 13.1. The number of benzene rings is 3. The van der Waals surface area contributed by atoms with Gasteiger partial charge in [0.15, 0.2) is 0 Å². The molecule has 5 rings (SSSR count). The van der Waals surface area contributed by atoms with Crippen molar-refractivity contribution in [3.8, 4) is 5.75 Å². The maximum absolute atomic E-state index is 13.6. The molecule has 2 aliphatic rings. The zero-order valence-electron chi connectivity index (χ0n) is 21.9. The van der Waals surface area contributed by atoms with Gasteiger partial charge in [-0.05, 0) is 67.9 Å². The Hall–Kier alpha value is -3.62. The maximum atomic E-state index is 13.6. The minimum Gasteiger partial charge on any atom is -0.494 e. The van der Waals surface area contributed by atoms with E-state index in [-0.39, 0.29) is 28.5 Å². The molecule has 2 N–H and O–H groups in total. The Morgan fingerprint density at radius 3 is 2.54 bits per heavy atom. The second-order valence-corrected chi connectivity index (χ2v) is 11.6. The van der Waals surface area contributed by atoms with Gasteiger partial charge >= 0.3 is 6.03 Å². The Bertz CT molecular complexity index is 1390. The largest absolute Gasteiger partial charge is 0.494 e. The number of allylic oxidation sites excluding steroid dienone is 2. The number of carbonyl (C=O) groups excluding carboxylic acids is 2. The summed E-state index contributed by atoms with van der Waals surface area (Å²) in [6, 6.07) is 22.8. The van der Waals surface area contributed by atoms with Gasteiger partial charge in [-0.3, -0.25) is 9.69 Å². The van der Waals surface area contributed by atoms with Crippen LogP contribution in [0.1, 0.15) is 20.3 Å². The highest BCUT2D eigenvalue weighted by atomic mass is 32.2. The Kier molecular flexibility index (Phi) is 8.64. The van der Waals surface area contributed by atoms with Crippen LogP contribution >= 0.6 is 23.5 Å². The molecule has 0 saturated heterocycles. The van der Waals surface area contributed by atoms with Gasteiger partial charge in [-0.2, -0.15) is 0 Å². The van der Waals surface area contributed by atoms with Crippen LogP contribution in [0.2, 0.25) is 0 Å². The van der Waals surface area contributed by atoms with Gasteiger partial charge in [0, 0.05) is 21.2 Å². The van der Waals surface area contributed by atoms with Gasteiger partial charge in [0.05, 0.1) is 28.8 Å². The number of para-hydroxylation sites is 1. The van der Waals surface area contributed by atoms with Gasteiger partial charge in [-0.25, -0.2) is 4.79 Å². The highest BCUT2D eigenvalue weighted by molar-refractivity contribution is 8.00. The average Bonchev–Trinajstić information content (AvgIpc) is 2.95. The number of anilines is 3. The molecule has 3 aromatic rings. The van der Waals surface area contributed by atoms with Crippen molar-refractivity contribution in [1.29, 1.82) is 0 Å². The molecule has 3 atom stereocenters. The zero-order chi connectivity index (χ0) is 27.2. The van der Waals surface area contributed by atoms with Crippen LogP contribution in [0.15, 0.2) is 107 Å². The SMILES string of the molecule is CCOc1ccc(NC(=O)C(CC)Sc2cccc(NC(=O)N3c4ccccc4SC4C=CC=CC43)c2)cc1. The number of hydrogen-bond acceptors (Lipinski definition) is 5. The molecule has 200 valence electrons. The summed E-state index contributed by atoms with van der Waals surface area (Å²) in [5.41, 5.74) is 2.33. The molecule has 3 aromatic carbocycles. The van der Waals surface area contributed by atoms with E-state index in [4.69, 9.17) is 4.74 Å². The van der Waals surface area contributed by atoms with E-state index in [0.29, 0.717) is 18.7 Å². The van der Waals surface area contributed by atoms with Gasteiger partial charge < -0.3 is 15.4 Å². The van der Waals surface area contributed by atoms with E-state index < -0.39 is 0 Å². The molecule has 1 heterocycles. The topological polar surface area (TPSA) is 70.7 Å². The van der Waals surface area contributed by atoms with Crippen molar-refractivity contribution in [1.82, 2.24) is 0 Å². The van der Waals surface area contributed by atoms with Gasteiger partial charge in [-0.1, -0.05) is 49.4 Å². The number of amides is 3. The lowest BCUT2D eigenvalue weighted by atomic mass is 10.1. The minimum absolute atomic E-state index is 0.0632. The predicted molar refractivity (Wildman–Crippen MR) is 162 cm³/mol. The van der Waals surface area contributed by atoms with E-state index in [1.807, 2.05) is 97.6 Å². The molecule has 0 fully saturated rings. The van der Waals surface area contributed by atoms with Crippen LogP contribution < -0.4 is 20.3 Å². The lowest BCUT2D eigenvalue weighted by Crippen LogP contribution is -2.49. The molecule has 3 amide bonds. The third kappa shape index (κ3) is 6.34.